The first kappa shape index (κ1) is 10.0. The Kier molecular flexibility index (Phi) is 3.12. The summed E-state index contributed by atoms with van der Waals surface area (Å²) in [7, 11) is 0. The lowest BCUT2D eigenvalue weighted by molar-refractivity contribution is 0.949. The Balaban J connectivity index is 2.29. The number of aryl methyl sites for hydroxylation is 1. The van der Waals surface area contributed by atoms with Gasteiger partial charge in [-0.25, -0.2) is 0 Å². The van der Waals surface area contributed by atoms with Crippen LogP contribution in [0.5, 0.6) is 0 Å². The van der Waals surface area contributed by atoms with Crippen molar-refractivity contribution < 1.29 is 0 Å². The molecule has 1 fully saturated rings. The van der Waals surface area contributed by atoms with Gasteiger partial charge in [0.2, 0.25) is 0 Å². The van der Waals surface area contributed by atoms with Crippen molar-refractivity contribution in [2.75, 3.05) is 18.0 Å². The summed E-state index contributed by atoms with van der Waals surface area (Å²) in [6, 6.07) is 6.69. The van der Waals surface area contributed by atoms with E-state index in [9.17, 15) is 0 Å². The van der Waals surface area contributed by atoms with Gasteiger partial charge in [-0.05, 0) is 52.9 Å². The maximum atomic E-state index is 3.63. The molecule has 2 heteroatoms. The first-order valence-electron chi connectivity index (χ1n) is 5.34. The third-order valence-electron chi connectivity index (χ3n) is 2.87. The lowest BCUT2D eigenvalue weighted by Gasteiger charge is -2.20. The van der Waals surface area contributed by atoms with E-state index in [-0.39, 0.29) is 0 Å². The highest BCUT2D eigenvalue weighted by Gasteiger charge is 2.14. The number of benzene rings is 1. The Morgan fingerprint density at radius 3 is 2.64 bits per heavy atom. The summed E-state index contributed by atoms with van der Waals surface area (Å²) in [6.45, 7) is 4.63. The van der Waals surface area contributed by atoms with Crippen LogP contribution in [0.25, 0.3) is 0 Å². The SMILES string of the molecule is CCc1ccc(Br)c(N2CCCC2)c1. The zero-order valence-corrected chi connectivity index (χ0v) is 10.2. The third kappa shape index (κ3) is 1.95. The summed E-state index contributed by atoms with van der Waals surface area (Å²) in [5.74, 6) is 0. The minimum Gasteiger partial charge on any atom is -0.371 e. The van der Waals surface area contributed by atoms with Crippen molar-refractivity contribution in [3.8, 4) is 0 Å². The molecule has 0 saturated carbocycles. The summed E-state index contributed by atoms with van der Waals surface area (Å²) >= 11 is 3.63. The zero-order chi connectivity index (χ0) is 9.97. The van der Waals surface area contributed by atoms with Crippen molar-refractivity contribution in [3.63, 3.8) is 0 Å². The van der Waals surface area contributed by atoms with Crippen LogP contribution >= 0.6 is 15.9 Å². The highest BCUT2D eigenvalue weighted by molar-refractivity contribution is 9.10. The van der Waals surface area contributed by atoms with E-state index < -0.39 is 0 Å². The fourth-order valence-corrected chi connectivity index (χ4v) is 2.48. The first-order valence-corrected chi connectivity index (χ1v) is 6.14. The maximum absolute atomic E-state index is 3.63. The number of halogens is 1. The topological polar surface area (TPSA) is 3.24 Å². The maximum Gasteiger partial charge on any atom is 0.0513 e. The summed E-state index contributed by atoms with van der Waals surface area (Å²) in [4.78, 5) is 2.48. The molecular formula is C12H16BrN. The number of anilines is 1. The molecule has 1 nitrogen and oxygen atoms in total. The van der Waals surface area contributed by atoms with Gasteiger partial charge in [-0.3, -0.25) is 0 Å². The molecule has 1 saturated heterocycles. The summed E-state index contributed by atoms with van der Waals surface area (Å²) in [5.41, 5.74) is 2.80. The van der Waals surface area contributed by atoms with Gasteiger partial charge in [0.05, 0.1) is 5.69 Å². The molecule has 76 valence electrons. The minimum atomic E-state index is 1.12. The Labute approximate surface area is 94.2 Å². The van der Waals surface area contributed by atoms with Gasteiger partial charge in [0, 0.05) is 17.6 Å². The molecule has 1 aliphatic heterocycles. The van der Waals surface area contributed by atoms with Crippen molar-refractivity contribution in [3.05, 3.63) is 28.2 Å². The van der Waals surface area contributed by atoms with Crippen molar-refractivity contribution in [1.82, 2.24) is 0 Å². The average Bonchev–Trinajstić information content (AvgIpc) is 2.71. The van der Waals surface area contributed by atoms with Crippen molar-refractivity contribution in [2.45, 2.75) is 26.2 Å². The van der Waals surface area contributed by atoms with Gasteiger partial charge in [0.15, 0.2) is 0 Å². The molecule has 0 N–H and O–H groups in total. The molecule has 0 amide bonds. The van der Waals surface area contributed by atoms with Crippen LogP contribution in [0.1, 0.15) is 25.3 Å². The van der Waals surface area contributed by atoms with Gasteiger partial charge in [-0.1, -0.05) is 13.0 Å². The lowest BCUT2D eigenvalue weighted by Crippen LogP contribution is -2.18. The van der Waals surface area contributed by atoms with Gasteiger partial charge in [0.25, 0.3) is 0 Å². The van der Waals surface area contributed by atoms with E-state index in [0.717, 1.165) is 6.42 Å². The van der Waals surface area contributed by atoms with E-state index >= 15 is 0 Å². The largest absolute Gasteiger partial charge is 0.371 e. The molecule has 0 aliphatic carbocycles. The second-order valence-corrected chi connectivity index (χ2v) is 4.69. The molecule has 1 aromatic carbocycles. The Bertz CT molecular complexity index is 316. The molecule has 1 heterocycles. The highest BCUT2D eigenvalue weighted by atomic mass is 79.9. The van der Waals surface area contributed by atoms with E-state index in [0.29, 0.717) is 0 Å². The Hall–Kier alpha value is -0.500. The number of rotatable bonds is 2. The molecule has 0 bridgehead atoms. The van der Waals surface area contributed by atoms with Gasteiger partial charge in [-0.15, -0.1) is 0 Å². The van der Waals surface area contributed by atoms with Crippen LogP contribution in [0.3, 0.4) is 0 Å². The van der Waals surface area contributed by atoms with Crippen LogP contribution in [-0.4, -0.2) is 13.1 Å². The Morgan fingerprint density at radius 1 is 1.29 bits per heavy atom. The van der Waals surface area contributed by atoms with Crippen molar-refractivity contribution in [1.29, 1.82) is 0 Å². The smallest absolute Gasteiger partial charge is 0.0513 e. The molecular weight excluding hydrogens is 238 g/mol. The van der Waals surface area contributed by atoms with Crippen LogP contribution in [0.4, 0.5) is 5.69 Å². The molecule has 0 spiro atoms. The Morgan fingerprint density at radius 2 is 2.00 bits per heavy atom. The fraction of sp³-hybridized carbons (Fsp3) is 0.500. The second kappa shape index (κ2) is 4.35. The van der Waals surface area contributed by atoms with Gasteiger partial charge < -0.3 is 4.90 Å². The molecule has 1 aromatic rings. The number of hydrogen-bond acceptors (Lipinski definition) is 1. The molecule has 0 aromatic heterocycles. The minimum absolute atomic E-state index is 1.12. The van der Waals surface area contributed by atoms with E-state index in [2.05, 4.69) is 46.0 Å². The van der Waals surface area contributed by atoms with E-state index in [4.69, 9.17) is 0 Å². The van der Waals surface area contributed by atoms with Crippen LogP contribution in [-0.2, 0) is 6.42 Å². The van der Waals surface area contributed by atoms with E-state index in [1.165, 1.54) is 41.7 Å². The summed E-state index contributed by atoms with van der Waals surface area (Å²) < 4.78 is 1.23. The summed E-state index contributed by atoms with van der Waals surface area (Å²) in [5, 5.41) is 0. The van der Waals surface area contributed by atoms with Crippen molar-refractivity contribution in [2.24, 2.45) is 0 Å². The monoisotopic (exact) mass is 253 g/mol. The predicted octanol–water partition coefficient (Wildman–Crippen LogP) is 3.61. The van der Waals surface area contributed by atoms with Crippen LogP contribution in [0.15, 0.2) is 22.7 Å². The molecule has 0 unspecified atom stereocenters. The van der Waals surface area contributed by atoms with Crippen LogP contribution in [0, 0.1) is 0 Å². The second-order valence-electron chi connectivity index (χ2n) is 3.83. The molecule has 2 rings (SSSR count). The lowest BCUT2D eigenvalue weighted by atomic mass is 10.1. The predicted molar refractivity (Wildman–Crippen MR) is 65.0 cm³/mol. The number of nitrogens with zero attached hydrogens (tertiary/aromatic N) is 1. The molecule has 1 aliphatic rings. The molecule has 0 atom stereocenters. The quantitative estimate of drug-likeness (QED) is 0.779. The normalized spacial score (nSPS) is 16.3. The molecule has 14 heavy (non-hydrogen) atoms. The van der Waals surface area contributed by atoms with Gasteiger partial charge in [-0.2, -0.15) is 0 Å². The van der Waals surface area contributed by atoms with Crippen LogP contribution in [0.2, 0.25) is 0 Å². The third-order valence-corrected chi connectivity index (χ3v) is 3.54. The zero-order valence-electron chi connectivity index (χ0n) is 8.59. The fourth-order valence-electron chi connectivity index (χ4n) is 1.98. The first-order chi connectivity index (χ1) is 6.81. The highest BCUT2D eigenvalue weighted by Crippen LogP contribution is 2.30. The van der Waals surface area contributed by atoms with Crippen molar-refractivity contribution >= 4 is 21.6 Å². The standard InChI is InChI=1S/C12H16BrN/c1-2-10-5-6-11(13)12(9-10)14-7-3-4-8-14/h5-6,9H,2-4,7-8H2,1H3. The van der Waals surface area contributed by atoms with Crippen LogP contribution < -0.4 is 4.90 Å². The van der Waals surface area contributed by atoms with Gasteiger partial charge >= 0.3 is 0 Å². The van der Waals surface area contributed by atoms with E-state index in [1.54, 1.807) is 0 Å². The molecule has 0 radical (unpaired) electrons. The van der Waals surface area contributed by atoms with E-state index in [1.807, 2.05) is 0 Å². The average molecular weight is 254 g/mol. The summed E-state index contributed by atoms with van der Waals surface area (Å²) in [6.07, 6.45) is 3.79. The number of hydrogen-bond donors (Lipinski definition) is 0. The van der Waals surface area contributed by atoms with Gasteiger partial charge in [0.1, 0.15) is 0 Å².